The lowest BCUT2D eigenvalue weighted by Gasteiger charge is -2.19. The van der Waals surface area contributed by atoms with Gasteiger partial charge in [0.25, 0.3) is 0 Å². The molecule has 0 heterocycles. The third kappa shape index (κ3) is 2.21. The highest BCUT2D eigenvalue weighted by atomic mass is 35.5. The van der Waals surface area contributed by atoms with Gasteiger partial charge in [0, 0.05) is 10.6 Å². The van der Waals surface area contributed by atoms with E-state index in [1.807, 2.05) is 6.07 Å². The smallest absolute Gasteiger partial charge is 0.0992 e. The van der Waals surface area contributed by atoms with E-state index in [-0.39, 0.29) is 0 Å². The average molecular weight is 196 g/mol. The molecule has 0 aliphatic rings. The Morgan fingerprint density at radius 3 is 2.46 bits per heavy atom. The van der Waals surface area contributed by atoms with Crippen LogP contribution < -0.4 is 0 Å². The predicted molar refractivity (Wildman–Crippen MR) is 51.4 cm³/mol. The Morgan fingerprint density at radius 1 is 1.46 bits per heavy atom. The molecule has 1 rings (SSSR count). The zero-order valence-corrected chi connectivity index (χ0v) is 8.26. The van der Waals surface area contributed by atoms with E-state index in [9.17, 15) is 5.11 Å². The van der Waals surface area contributed by atoms with Crippen molar-refractivity contribution < 1.29 is 5.11 Å². The zero-order valence-electron chi connectivity index (χ0n) is 7.50. The Balaban J connectivity index is 3.23. The van der Waals surface area contributed by atoms with Crippen LogP contribution in [-0.4, -0.2) is 5.11 Å². The van der Waals surface area contributed by atoms with Gasteiger partial charge in [-0.1, -0.05) is 17.7 Å². The van der Waals surface area contributed by atoms with Crippen molar-refractivity contribution in [3.63, 3.8) is 0 Å². The van der Waals surface area contributed by atoms with Gasteiger partial charge >= 0.3 is 0 Å². The first-order valence-corrected chi connectivity index (χ1v) is 4.25. The van der Waals surface area contributed by atoms with E-state index in [2.05, 4.69) is 0 Å². The normalized spacial score (nSPS) is 11.0. The summed E-state index contributed by atoms with van der Waals surface area (Å²) in [6.07, 6.45) is 0. The average Bonchev–Trinajstić information content (AvgIpc) is 2.01. The SMILES string of the molecule is CC(C)(O)c1ccc(C#N)cc1Cl. The van der Waals surface area contributed by atoms with Crippen molar-refractivity contribution in [3.8, 4) is 6.07 Å². The fraction of sp³-hybridized carbons (Fsp3) is 0.300. The van der Waals surface area contributed by atoms with E-state index in [1.54, 1.807) is 32.0 Å². The van der Waals surface area contributed by atoms with Crippen LogP contribution in [0.5, 0.6) is 0 Å². The van der Waals surface area contributed by atoms with Crippen molar-refractivity contribution in [1.29, 1.82) is 5.26 Å². The Bertz CT molecular complexity index is 360. The Morgan fingerprint density at radius 2 is 2.08 bits per heavy atom. The number of aliphatic hydroxyl groups is 1. The standard InChI is InChI=1S/C10H10ClNO/c1-10(2,13)8-4-3-7(6-12)5-9(8)11/h3-5,13H,1-2H3. The first-order chi connectivity index (χ1) is 5.95. The summed E-state index contributed by atoms with van der Waals surface area (Å²) in [5, 5.41) is 18.7. The van der Waals surface area contributed by atoms with Crippen LogP contribution in [0.1, 0.15) is 25.0 Å². The molecule has 0 saturated heterocycles. The number of rotatable bonds is 1. The second kappa shape index (κ2) is 3.37. The predicted octanol–water partition coefficient (Wildman–Crippen LogP) is 2.44. The molecule has 0 bridgehead atoms. The highest BCUT2D eigenvalue weighted by Gasteiger charge is 2.19. The van der Waals surface area contributed by atoms with Crippen LogP contribution in [0.2, 0.25) is 5.02 Å². The van der Waals surface area contributed by atoms with Crippen LogP contribution >= 0.6 is 11.6 Å². The van der Waals surface area contributed by atoms with Crippen LogP contribution in [0.3, 0.4) is 0 Å². The molecule has 13 heavy (non-hydrogen) atoms. The van der Waals surface area contributed by atoms with Crippen molar-refractivity contribution in [2.45, 2.75) is 19.4 Å². The fourth-order valence-electron chi connectivity index (χ4n) is 1.08. The lowest BCUT2D eigenvalue weighted by molar-refractivity contribution is 0.0787. The Hall–Kier alpha value is -1.04. The van der Waals surface area contributed by atoms with E-state index in [1.165, 1.54) is 0 Å². The quantitative estimate of drug-likeness (QED) is 0.748. The highest BCUT2D eigenvalue weighted by molar-refractivity contribution is 6.31. The molecular formula is C10H10ClNO. The van der Waals surface area contributed by atoms with Crippen molar-refractivity contribution >= 4 is 11.6 Å². The molecule has 3 heteroatoms. The summed E-state index contributed by atoms with van der Waals surface area (Å²) >= 11 is 5.88. The Labute approximate surface area is 82.4 Å². The summed E-state index contributed by atoms with van der Waals surface area (Å²) in [7, 11) is 0. The fourth-order valence-corrected chi connectivity index (χ4v) is 1.49. The molecule has 0 atom stereocenters. The number of halogens is 1. The number of hydrogen-bond acceptors (Lipinski definition) is 2. The van der Waals surface area contributed by atoms with Crippen LogP contribution in [0, 0.1) is 11.3 Å². The minimum absolute atomic E-state index is 0.423. The molecule has 0 aliphatic carbocycles. The third-order valence-corrected chi connectivity index (χ3v) is 2.07. The molecule has 0 radical (unpaired) electrons. The van der Waals surface area contributed by atoms with Crippen molar-refractivity contribution in [2.75, 3.05) is 0 Å². The van der Waals surface area contributed by atoms with Gasteiger partial charge in [0.05, 0.1) is 17.2 Å². The molecule has 0 fully saturated rings. The van der Waals surface area contributed by atoms with Crippen LogP contribution in [0.15, 0.2) is 18.2 Å². The first kappa shape index (κ1) is 10.0. The second-order valence-corrected chi connectivity index (χ2v) is 3.77. The summed E-state index contributed by atoms with van der Waals surface area (Å²) in [5.41, 5.74) is 0.164. The molecule has 68 valence electrons. The van der Waals surface area contributed by atoms with E-state index < -0.39 is 5.60 Å². The van der Waals surface area contributed by atoms with Gasteiger partial charge in [-0.25, -0.2) is 0 Å². The molecule has 0 amide bonds. The highest BCUT2D eigenvalue weighted by Crippen LogP contribution is 2.27. The minimum Gasteiger partial charge on any atom is -0.386 e. The summed E-state index contributed by atoms with van der Waals surface area (Å²) in [5.74, 6) is 0. The number of nitriles is 1. The van der Waals surface area contributed by atoms with E-state index in [0.29, 0.717) is 16.1 Å². The van der Waals surface area contributed by atoms with Crippen LogP contribution in [-0.2, 0) is 5.60 Å². The zero-order chi connectivity index (χ0) is 10.1. The maximum atomic E-state index is 9.67. The molecule has 1 N–H and O–H groups in total. The van der Waals surface area contributed by atoms with E-state index >= 15 is 0 Å². The van der Waals surface area contributed by atoms with Gasteiger partial charge in [-0.15, -0.1) is 0 Å². The maximum absolute atomic E-state index is 9.67. The molecule has 0 aromatic heterocycles. The molecular weight excluding hydrogens is 186 g/mol. The summed E-state index contributed by atoms with van der Waals surface area (Å²) < 4.78 is 0. The topological polar surface area (TPSA) is 44.0 Å². The summed E-state index contributed by atoms with van der Waals surface area (Å²) in [6.45, 7) is 3.31. The van der Waals surface area contributed by atoms with Gasteiger partial charge < -0.3 is 5.11 Å². The third-order valence-electron chi connectivity index (χ3n) is 1.76. The van der Waals surface area contributed by atoms with Gasteiger partial charge in [0.2, 0.25) is 0 Å². The summed E-state index contributed by atoms with van der Waals surface area (Å²) in [6, 6.07) is 6.84. The number of hydrogen-bond donors (Lipinski definition) is 1. The molecule has 0 aliphatic heterocycles. The van der Waals surface area contributed by atoms with Gasteiger partial charge in [-0.2, -0.15) is 5.26 Å². The second-order valence-electron chi connectivity index (χ2n) is 3.37. The first-order valence-electron chi connectivity index (χ1n) is 3.87. The van der Waals surface area contributed by atoms with Gasteiger partial charge in [-0.3, -0.25) is 0 Å². The molecule has 1 aromatic carbocycles. The van der Waals surface area contributed by atoms with E-state index in [0.717, 1.165) is 0 Å². The van der Waals surface area contributed by atoms with Crippen LogP contribution in [0.4, 0.5) is 0 Å². The number of nitrogens with zero attached hydrogens (tertiary/aromatic N) is 1. The lowest BCUT2D eigenvalue weighted by atomic mass is 9.97. The molecule has 0 spiro atoms. The molecule has 1 aromatic rings. The minimum atomic E-state index is -0.967. The van der Waals surface area contributed by atoms with Gasteiger partial charge in [0.1, 0.15) is 0 Å². The molecule has 0 saturated carbocycles. The maximum Gasteiger partial charge on any atom is 0.0992 e. The molecule has 0 unspecified atom stereocenters. The van der Waals surface area contributed by atoms with Crippen molar-refractivity contribution in [1.82, 2.24) is 0 Å². The van der Waals surface area contributed by atoms with Crippen molar-refractivity contribution in [2.24, 2.45) is 0 Å². The lowest BCUT2D eigenvalue weighted by Crippen LogP contribution is -2.15. The van der Waals surface area contributed by atoms with Crippen LogP contribution in [0.25, 0.3) is 0 Å². The van der Waals surface area contributed by atoms with Gasteiger partial charge in [-0.05, 0) is 26.0 Å². The molecule has 2 nitrogen and oxygen atoms in total. The summed E-state index contributed by atoms with van der Waals surface area (Å²) in [4.78, 5) is 0. The number of benzene rings is 1. The largest absolute Gasteiger partial charge is 0.386 e. The van der Waals surface area contributed by atoms with Crippen molar-refractivity contribution in [3.05, 3.63) is 34.3 Å². The van der Waals surface area contributed by atoms with Gasteiger partial charge in [0.15, 0.2) is 0 Å². The Kier molecular flexibility index (Phi) is 2.60. The monoisotopic (exact) mass is 195 g/mol. The van der Waals surface area contributed by atoms with E-state index in [4.69, 9.17) is 16.9 Å².